The van der Waals surface area contributed by atoms with Crippen LogP contribution < -0.4 is 10.6 Å². The molecule has 0 aromatic heterocycles. The molecule has 2 amide bonds. The molecule has 0 aliphatic carbocycles. The predicted molar refractivity (Wildman–Crippen MR) is 109 cm³/mol. The van der Waals surface area contributed by atoms with E-state index in [1.165, 1.54) is 6.08 Å². The molecule has 4 N–H and O–H groups in total. The number of anilines is 1. The van der Waals surface area contributed by atoms with Crippen molar-refractivity contribution in [3.8, 4) is 0 Å². The van der Waals surface area contributed by atoms with Crippen LogP contribution in [0.3, 0.4) is 0 Å². The Morgan fingerprint density at radius 3 is 2.17 bits per heavy atom. The number of aliphatic hydroxyl groups excluding tert-OH is 2. The molecule has 8 heteroatoms. The molecule has 8 nitrogen and oxygen atoms in total. The molecule has 160 valence electrons. The van der Waals surface area contributed by atoms with Crippen molar-refractivity contribution in [3.05, 3.63) is 42.0 Å². The number of ether oxygens (including phenoxy) is 1. The molecular weight excluding hydrogens is 376 g/mol. The third kappa shape index (κ3) is 8.05. The van der Waals surface area contributed by atoms with Crippen LogP contribution in [-0.4, -0.2) is 40.6 Å². The zero-order valence-electron chi connectivity index (χ0n) is 17.1. The maximum Gasteiger partial charge on any atom is 0.408 e. The molecule has 1 aromatic carbocycles. The van der Waals surface area contributed by atoms with Crippen LogP contribution >= 0.6 is 0 Å². The number of Topliss-reactive ketones (excluding diaryl/α,β-unsaturated/α-hetero) is 1. The Balaban J connectivity index is 2.75. The van der Waals surface area contributed by atoms with E-state index in [0.29, 0.717) is 16.8 Å². The summed E-state index contributed by atoms with van der Waals surface area (Å²) >= 11 is 0. The van der Waals surface area contributed by atoms with E-state index in [1.54, 1.807) is 39.0 Å². The van der Waals surface area contributed by atoms with Gasteiger partial charge in [-0.05, 0) is 29.2 Å². The standard InChI is InChI=1S/C21H30N2O6/c1-5-6-29-21(28)23-19(13(2)3)18(26)7-14(4)20(27)22-17-9-15(11-24)8-16(10-17)12-25/h5,8-10,13-14,19,24-25H,1,6-7,11-12H2,2-4H3,(H,22,27)(H,23,28)/t14-,19?/m1/s1. The zero-order chi connectivity index (χ0) is 22.0. The number of hydrogen-bond donors (Lipinski definition) is 4. The summed E-state index contributed by atoms with van der Waals surface area (Å²) in [5.41, 5.74) is 1.53. The van der Waals surface area contributed by atoms with Crippen LogP contribution in [0.25, 0.3) is 0 Å². The van der Waals surface area contributed by atoms with Gasteiger partial charge in [0.05, 0.1) is 19.3 Å². The normalized spacial score (nSPS) is 12.8. The molecule has 0 heterocycles. The van der Waals surface area contributed by atoms with E-state index in [4.69, 9.17) is 4.74 Å². The molecule has 1 aromatic rings. The van der Waals surface area contributed by atoms with E-state index in [9.17, 15) is 24.6 Å². The first-order chi connectivity index (χ1) is 13.7. The molecule has 29 heavy (non-hydrogen) atoms. The fourth-order valence-corrected chi connectivity index (χ4v) is 2.73. The fourth-order valence-electron chi connectivity index (χ4n) is 2.73. The van der Waals surface area contributed by atoms with Crippen LogP contribution in [0.2, 0.25) is 0 Å². The topological polar surface area (TPSA) is 125 Å². The first-order valence-corrected chi connectivity index (χ1v) is 9.44. The molecule has 0 saturated carbocycles. The largest absolute Gasteiger partial charge is 0.445 e. The Morgan fingerprint density at radius 2 is 1.69 bits per heavy atom. The molecular formula is C21H30N2O6. The highest BCUT2D eigenvalue weighted by Crippen LogP contribution is 2.18. The number of carbonyl (C=O) groups is 3. The Bertz CT molecular complexity index is 710. The van der Waals surface area contributed by atoms with Gasteiger partial charge in [-0.3, -0.25) is 9.59 Å². The van der Waals surface area contributed by atoms with Crippen molar-refractivity contribution in [2.75, 3.05) is 11.9 Å². The zero-order valence-corrected chi connectivity index (χ0v) is 17.1. The molecule has 0 saturated heterocycles. The van der Waals surface area contributed by atoms with Gasteiger partial charge >= 0.3 is 6.09 Å². The number of hydrogen-bond acceptors (Lipinski definition) is 6. The maximum atomic E-state index is 12.6. The van der Waals surface area contributed by atoms with E-state index >= 15 is 0 Å². The lowest BCUT2D eigenvalue weighted by atomic mass is 9.93. The number of nitrogens with one attached hydrogen (secondary N) is 2. The molecule has 0 aliphatic heterocycles. The van der Waals surface area contributed by atoms with Crippen molar-refractivity contribution < 1.29 is 29.3 Å². The summed E-state index contributed by atoms with van der Waals surface area (Å²) in [6, 6.07) is 4.05. The molecule has 1 unspecified atom stereocenters. The monoisotopic (exact) mass is 406 g/mol. The Morgan fingerprint density at radius 1 is 1.10 bits per heavy atom. The van der Waals surface area contributed by atoms with Gasteiger partial charge in [-0.2, -0.15) is 0 Å². The summed E-state index contributed by atoms with van der Waals surface area (Å²) in [6.07, 6.45) is 0.640. The van der Waals surface area contributed by atoms with Gasteiger partial charge in [0.25, 0.3) is 0 Å². The molecule has 0 aliphatic rings. The maximum absolute atomic E-state index is 12.6. The molecule has 0 fully saturated rings. The molecule has 0 radical (unpaired) electrons. The summed E-state index contributed by atoms with van der Waals surface area (Å²) in [6.45, 7) is 8.23. The van der Waals surface area contributed by atoms with Gasteiger partial charge in [-0.1, -0.05) is 39.5 Å². The molecule has 2 atom stereocenters. The third-order valence-electron chi connectivity index (χ3n) is 4.26. The van der Waals surface area contributed by atoms with Gasteiger partial charge in [-0.25, -0.2) is 4.79 Å². The fraction of sp³-hybridized carbons (Fsp3) is 0.476. The highest BCUT2D eigenvalue weighted by Gasteiger charge is 2.28. The van der Waals surface area contributed by atoms with Crippen LogP contribution in [-0.2, 0) is 27.5 Å². The Kier molecular flexibility index (Phi) is 10.1. The van der Waals surface area contributed by atoms with Crippen molar-refractivity contribution in [2.24, 2.45) is 11.8 Å². The lowest BCUT2D eigenvalue weighted by Crippen LogP contribution is -2.45. The lowest BCUT2D eigenvalue weighted by molar-refractivity contribution is -0.127. The van der Waals surface area contributed by atoms with Crippen LogP contribution in [0.4, 0.5) is 10.5 Å². The Labute approximate surface area is 171 Å². The number of alkyl carbamates (subject to hydrolysis) is 1. The summed E-state index contributed by atoms with van der Waals surface area (Å²) in [7, 11) is 0. The first kappa shape index (κ1) is 24.3. The SMILES string of the molecule is C=CCOC(=O)NC(C(=O)C[C@@H](C)C(=O)Nc1cc(CO)cc(CO)c1)C(C)C. The van der Waals surface area contributed by atoms with Crippen molar-refractivity contribution >= 4 is 23.5 Å². The summed E-state index contributed by atoms with van der Waals surface area (Å²) in [4.78, 5) is 36.9. The van der Waals surface area contributed by atoms with Crippen LogP contribution in [0.5, 0.6) is 0 Å². The summed E-state index contributed by atoms with van der Waals surface area (Å²) < 4.78 is 4.86. The van der Waals surface area contributed by atoms with Gasteiger partial charge in [-0.15, -0.1) is 0 Å². The summed E-state index contributed by atoms with van der Waals surface area (Å²) in [5.74, 6) is -1.49. The van der Waals surface area contributed by atoms with E-state index in [1.807, 2.05) is 0 Å². The van der Waals surface area contributed by atoms with Gasteiger partial charge in [0.1, 0.15) is 6.61 Å². The number of rotatable bonds is 11. The van der Waals surface area contributed by atoms with Crippen LogP contribution in [0.15, 0.2) is 30.9 Å². The number of ketones is 1. The summed E-state index contributed by atoms with van der Waals surface area (Å²) in [5, 5.41) is 23.8. The Hall–Kier alpha value is -2.71. The first-order valence-electron chi connectivity index (χ1n) is 9.44. The molecule has 0 bridgehead atoms. The van der Waals surface area contributed by atoms with Gasteiger partial charge in [0, 0.05) is 18.0 Å². The highest BCUT2D eigenvalue weighted by atomic mass is 16.5. The molecule has 0 spiro atoms. The van der Waals surface area contributed by atoms with E-state index in [0.717, 1.165) is 0 Å². The average Bonchev–Trinajstić information content (AvgIpc) is 2.69. The second-order valence-corrected chi connectivity index (χ2v) is 7.17. The number of amides is 2. The molecule has 1 rings (SSSR count). The van der Waals surface area contributed by atoms with Crippen molar-refractivity contribution in [1.29, 1.82) is 0 Å². The number of carbonyl (C=O) groups excluding carboxylic acids is 3. The third-order valence-corrected chi connectivity index (χ3v) is 4.26. The van der Waals surface area contributed by atoms with Crippen molar-refractivity contribution in [2.45, 2.75) is 46.4 Å². The van der Waals surface area contributed by atoms with Crippen LogP contribution in [0.1, 0.15) is 38.3 Å². The van der Waals surface area contributed by atoms with E-state index < -0.39 is 18.1 Å². The van der Waals surface area contributed by atoms with Gasteiger partial charge in [0.2, 0.25) is 5.91 Å². The van der Waals surface area contributed by atoms with Gasteiger partial charge in [0.15, 0.2) is 5.78 Å². The van der Waals surface area contributed by atoms with Crippen molar-refractivity contribution in [3.63, 3.8) is 0 Å². The minimum absolute atomic E-state index is 0.0341. The van der Waals surface area contributed by atoms with E-state index in [-0.39, 0.29) is 43.8 Å². The smallest absolute Gasteiger partial charge is 0.408 e. The lowest BCUT2D eigenvalue weighted by Gasteiger charge is -2.22. The number of benzene rings is 1. The minimum atomic E-state index is -0.777. The average molecular weight is 406 g/mol. The second kappa shape index (κ2) is 12.0. The van der Waals surface area contributed by atoms with E-state index in [2.05, 4.69) is 17.2 Å². The van der Waals surface area contributed by atoms with Gasteiger partial charge < -0.3 is 25.6 Å². The minimum Gasteiger partial charge on any atom is -0.445 e. The number of aliphatic hydroxyl groups is 2. The quantitative estimate of drug-likeness (QED) is 0.417. The second-order valence-electron chi connectivity index (χ2n) is 7.17. The predicted octanol–water partition coefficient (Wildman–Crippen LogP) is 2.14. The highest BCUT2D eigenvalue weighted by molar-refractivity contribution is 5.97. The van der Waals surface area contributed by atoms with Crippen molar-refractivity contribution in [1.82, 2.24) is 5.32 Å². The van der Waals surface area contributed by atoms with Crippen LogP contribution in [0, 0.1) is 11.8 Å².